The van der Waals surface area contributed by atoms with Crippen molar-refractivity contribution in [1.82, 2.24) is 10.2 Å². The molecule has 2 N–H and O–H groups in total. The third-order valence-corrected chi connectivity index (χ3v) is 2.58. The molecule has 0 aliphatic rings. The van der Waals surface area contributed by atoms with Crippen LogP contribution in [0.2, 0.25) is 0 Å². The van der Waals surface area contributed by atoms with Crippen LogP contribution in [-0.2, 0) is 0 Å². The van der Waals surface area contributed by atoms with Crippen LogP contribution in [0.4, 0.5) is 4.79 Å². The van der Waals surface area contributed by atoms with Crippen molar-refractivity contribution in [2.45, 2.75) is 65.0 Å². The predicted octanol–water partition coefficient (Wildman–Crippen LogP) is 2.37. The lowest BCUT2D eigenvalue weighted by Gasteiger charge is -2.27. The van der Waals surface area contributed by atoms with Crippen molar-refractivity contribution >= 4 is 6.03 Å². The summed E-state index contributed by atoms with van der Waals surface area (Å²) in [5.41, 5.74) is -0.850. The van der Waals surface area contributed by atoms with Gasteiger partial charge >= 0.3 is 6.03 Å². The van der Waals surface area contributed by atoms with Crippen molar-refractivity contribution in [2.24, 2.45) is 0 Å². The highest BCUT2D eigenvalue weighted by molar-refractivity contribution is 5.74. The second-order valence-corrected chi connectivity index (χ2v) is 5.51. The van der Waals surface area contributed by atoms with Crippen molar-refractivity contribution in [1.29, 1.82) is 0 Å². The van der Waals surface area contributed by atoms with Crippen molar-refractivity contribution in [2.75, 3.05) is 13.6 Å². The minimum atomic E-state index is -0.850. The molecule has 17 heavy (non-hydrogen) atoms. The average molecular weight is 244 g/mol. The van der Waals surface area contributed by atoms with Crippen molar-refractivity contribution in [3.05, 3.63) is 0 Å². The second kappa shape index (κ2) is 7.54. The Hall–Kier alpha value is -0.770. The predicted molar refractivity (Wildman–Crippen MR) is 71.1 cm³/mol. The molecule has 0 radical (unpaired) electrons. The molecule has 0 saturated heterocycles. The van der Waals surface area contributed by atoms with Crippen LogP contribution < -0.4 is 5.32 Å². The molecule has 0 saturated carbocycles. The van der Waals surface area contributed by atoms with Gasteiger partial charge < -0.3 is 15.3 Å². The molecule has 0 rings (SSSR count). The molecule has 4 heteroatoms. The number of hydrogen-bond donors (Lipinski definition) is 2. The van der Waals surface area contributed by atoms with Gasteiger partial charge in [-0.2, -0.15) is 0 Å². The molecule has 2 amide bonds. The summed E-state index contributed by atoms with van der Waals surface area (Å²) in [6.45, 7) is 7.91. The molecule has 0 fully saturated rings. The normalized spacial score (nSPS) is 13.3. The Labute approximate surface area is 105 Å². The lowest BCUT2D eigenvalue weighted by molar-refractivity contribution is 0.0528. The molecule has 4 nitrogen and oxygen atoms in total. The topological polar surface area (TPSA) is 52.6 Å². The van der Waals surface area contributed by atoms with Gasteiger partial charge in [0.1, 0.15) is 0 Å². The molecule has 0 heterocycles. The number of nitrogens with zero attached hydrogens (tertiary/aromatic N) is 1. The fourth-order valence-corrected chi connectivity index (χ4v) is 1.75. The molecule has 0 aromatic heterocycles. The minimum Gasteiger partial charge on any atom is -0.389 e. The maximum absolute atomic E-state index is 11.8. The van der Waals surface area contributed by atoms with E-state index in [1.165, 1.54) is 17.7 Å². The molecule has 1 unspecified atom stereocenters. The maximum Gasteiger partial charge on any atom is 0.317 e. The number of urea groups is 1. The van der Waals surface area contributed by atoms with E-state index in [0.29, 0.717) is 6.54 Å². The lowest BCUT2D eigenvalue weighted by Crippen LogP contribution is -2.47. The monoisotopic (exact) mass is 244 g/mol. The molecule has 0 aliphatic heterocycles. The van der Waals surface area contributed by atoms with Gasteiger partial charge in [-0.3, -0.25) is 0 Å². The van der Waals surface area contributed by atoms with Gasteiger partial charge in [0, 0.05) is 13.1 Å². The van der Waals surface area contributed by atoms with Crippen LogP contribution in [0.25, 0.3) is 0 Å². The van der Waals surface area contributed by atoms with Gasteiger partial charge in [-0.05, 0) is 27.2 Å². The van der Waals surface area contributed by atoms with Crippen molar-refractivity contribution < 1.29 is 9.90 Å². The van der Waals surface area contributed by atoms with Gasteiger partial charge in [-0.1, -0.05) is 26.2 Å². The van der Waals surface area contributed by atoms with Gasteiger partial charge in [0.15, 0.2) is 0 Å². The molecular weight excluding hydrogens is 216 g/mol. The van der Waals surface area contributed by atoms with Crippen LogP contribution in [0, 0.1) is 0 Å². The number of hydrogen-bond acceptors (Lipinski definition) is 2. The lowest BCUT2D eigenvalue weighted by atomic mass is 10.1. The van der Waals surface area contributed by atoms with Gasteiger partial charge in [-0.25, -0.2) is 4.79 Å². The largest absolute Gasteiger partial charge is 0.389 e. The summed E-state index contributed by atoms with van der Waals surface area (Å²) in [7, 11) is 1.70. The first kappa shape index (κ1) is 16.2. The highest BCUT2D eigenvalue weighted by atomic mass is 16.3. The summed E-state index contributed by atoms with van der Waals surface area (Å²) in [6, 6.07) is 0.0782. The average Bonchev–Trinajstić information content (AvgIpc) is 2.15. The number of amides is 2. The quantitative estimate of drug-likeness (QED) is 0.676. The third-order valence-electron chi connectivity index (χ3n) is 2.58. The molecule has 1 atom stereocenters. The fourth-order valence-electron chi connectivity index (χ4n) is 1.75. The molecular formula is C13H28N2O2. The Bertz CT molecular complexity index is 224. The summed E-state index contributed by atoms with van der Waals surface area (Å²) >= 11 is 0. The van der Waals surface area contributed by atoms with Gasteiger partial charge in [0.2, 0.25) is 0 Å². The fraction of sp³-hybridized carbons (Fsp3) is 0.923. The maximum atomic E-state index is 11.8. The number of likely N-dealkylation sites (N-methyl/N-ethyl adjacent to an activating group) is 1. The smallest absolute Gasteiger partial charge is 0.317 e. The Morgan fingerprint density at radius 1 is 1.41 bits per heavy atom. The van der Waals surface area contributed by atoms with Gasteiger partial charge in [-0.15, -0.1) is 0 Å². The van der Waals surface area contributed by atoms with Gasteiger partial charge in [0.25, 0.3) is 0 Å². The molecule has 0 aromatic rings. The summed E-state index contributed by atoms with van der Waals surface area (Å²) in [5.74, 6) is 0. The van der Waals surface area contributed by atoms with Crippen LogP contribution >= 0.6 is 0 Å². The highest BCUT2D eigenvalue weighted by Gasteiger charge is 2.19. The van der Waals surface area contributed by atoms with Crippen LogP contribution in [0.3, 0.4) is 0 Å². The number of rotatable bonds is 7. The zero-order valence-corrected chi connectivity index (χ0v) is 11.9. The van der Waals surface area contributed by atoms with E-state index in [-0.39, 0.29) is 12.1 Å². The Balaban J connectivity index is 3.91. The molecule has 102 valence electrons. The second-order valence-electron chi connectivity index (χ2n) is 5.51. The van der Waals surface area contributed by atoms with E-state index >= 15 is 0 Å². The first-order valence-electron chi connectivity index (χ1n) is 6.50. The van der Waals surface area contributed by atoms with Crippen LogP contribution in [0.15, 0.2) is 0 Å². The summed E-state index contributed by atoms with van der Waals surface area (Å²) in [4.78, 5) is 13.3. The van der Waals surface area contributed by atoms with E-state index in [4.69, 9.17) is 0 Å². The molecule has 0 bridgehead atoms. The van der Waals surface area contributed by atoms with Gasteiger partial charge in [0.05, 0.1) is 12.1 Å². The number of carbonyl (C=O) groups excluding carboxylic acids is 1. The van der Waals surface area contributed by atoms with Crippen molar-refractivity contribution in [3.63, 3.8) is 0 Å². The molecule has 0 aromatic carbocycles. The van der Waals surface area contributed by atoms with E-state index in [1.54, 1.807) is 20.9 Å². The first-order valence-corrected chi connectivity index (χ1v) is 6.50. The van der Waals surface area contributed by atoms with Crippen LogP contribution in [-0.4, -0.2) is 41.3 Å². The highest BCUT2D eigenvalue weighted by Crippen LogP contribution is 2.05. The Morgan fingerprint density at radius 2 is 2.00 bits per heavy atom. The Morgan fingerprint density at radius 3 is 2.47 bits per heavy atom. The van der Waals surface area contributed by atoms with E-state index in [0.717, 1.165) is 12.8 Å². The Kier molecular flexibility index (Phi) is 7.19. The first-order chi connectivity index (χ1) is 7.76. The number of nitrogens with one attached hydrogen (secondary N) is 1. The van der Waals surface area contributed by atoms with E-state index in [1.807, 2.05) is 6.92 Å². The van der Waals surface area contributed by atoms with E-state index < -0.39 is 5.60 Å². The van der Waals surface area contributed by atoms with Crippen LogP contribution in [0.5, 0.6) is 0 Å². The summed E-state index contributed by atoms with van der Waals surface area (Å²) in [6.07, 6.45) is 4.56. The zero-order chi connectivity index (χ0) is 13.5. The number of unbranched alkanes of at least 4 members (excludes halogenated alkanes) is 2. The number of aliphatic hydroxyl groups is 1. The van der Waals surface area contributed by atoms with E-state index in [2.05, 4.69) is 12.2 Å². The number of carbonyl (C=O) groups is 1. The SMILES string of the molecule is CCCCCC(C)NC(=O)N(C)CC(C)(C)O. The summed E-state index contributed by atoms with van der Waals surface area (Å²) < 4.78 is 0. The van der Waals surface area contributed by atoms with Crippen LogP contribution in [0.1, 0.15) is 53.4 Å². The van der Waals surface area contributed by atoms with Crippen molar-refractivity contribution in [3.8, 4) is 0 Å². The molecule has 0 spiro atoms. The third kappa shape index (κ3) is 8.98. The zero-order valence-electron chi connectivity index (χ0n) is 11.9. The summed E-state index contributed by atoms with van der Waals surface area (Å²) in [5, 5.41) is 12.6. The minimum absolute atomic E-state index is 0.115. The standard InChI is InChI=1S/C13H28N2O2/c1-6-7-8-9-11(2)14-12(16)15(5)10-13(3,4)17/h11,17H,6-10H2,1-5H3,(H,14,16). The molecule has 0 aliphatic carbocycles. The van der Waals surface area contributed by atoms with E-state index in [9.17, 15) is 9.90 Å².